The van der Waals surface area contributed by atoms with E-state index in [1.807, 2.05) is 56.3 Å². The Balaban J connectivity index is 1.61. The van der Waals surface area contributed by atoms with Crippen molar-refractivity contribution in [2.45, 2.75) is 40.3 Å². The van der Waals surface area contributed by atoms with E-state index in [-0.39, 0.29) is 24.3 Å². The molecule has 262 valence electrons. The fraction of sp³-hybridized carbons (Fsp3) is 0.297. The summed E-state index contributed by atoms with van der Waals surface area (Å²) < 4.78 is 36.2. The standard InChI is InChI=1S/C37H37BrN2O9S/c1-6-45-28-16-24(14-15-27(28)49-21-32(41)44-5)34-33(36(43)47-8-3)22(4)39-37-40(34)35(42)31(50-37)18-25-17-29(46-7-2)30(19-26(25)38)48-20-23-12-10-9-11-13-23/h9-19,34H,6-8,20-21H2,1-5H3/b31-18-/t34-/m0/s1. The van der Waals surface area contributed by atoms with Crippen LogP contribution in [0.5, 0.6) is 23.0 Å². The van der Waals surface area contributed by atoms with E-state index < -0.39 is 18.0 Å². The van der Waals surface area contributed by atoms with Gasteiger partial charge in [0.2, 0.25) is 0 Å². The monoisotopic (exact) mass is 764 g/mol. The number of hydrogen-bond donors (Lipinski definition) is 0. The highest BCUT2D eigenvalue weighted by Crippen LogP contribution is 2.37. The number of halogens is 1. The van der Waals surface area contributed by atoms with Crippen LogP contribution in [0.25, 0.3) is 6.08 Å². The van der Waals surface area contributed by atoms with E-state index in [2.05, 4.69) is 20.9 Å². The van der Waals surface area contributed by atoms with Crippen molar-refractivity contribution in [1.29, 1.82) is 0 Å². The first-order chi connectivity index (χ1) is 24.2. The first kappa shape index (κ1) is 36.4. The van der Waals surface area contributed by atoms with E-state index in [9.17, 15) is 14.4 Å². The molecule has 0 saturated carbocycles. The molecule has 4 aromatic rings. The predicted octanol–water partition coefficient (Wildman–Crippen LogP) is 5.49. The van der Waals surface area contributed by atoms with E-state index in [1.54, 1.807) is 38.1 Å². The highest BCUT2D eigenvalue weighted by atomic mass is 79.9. The molecule has 1 aromatic heterocycles. The van der Waals surface area contributed by atoms with Crippen molar-refractivity contribution >= 4 is 45.3 Å². The van der Waals surface area contributed by atoms with Gasteiger partial charge < -0.3 is 28.4 Å². The van der Waals surface area contributed by atoms with Crippen LogP contribution in [0.15, 0.2) is 86.2 Å². The van der Waals surface area contributed by atoms with Gasteiger partial charge in [0.15, 0.2) is 34.4 Å². The van der Waals surface area contributed by atoms with Gasteiger partial charge >= 0.3 is 11.9 Å². The van der Waals surface area contributed by atoms with Crippen molar-refractivity contribution in [1.82, 2.24) is 4.57 Å². The minimum atomic E-state index is -0.891. The Morgan fingerprint density at radius 2 is 1.60 bits per heavy atom. The largest absolute Gasteiger partial charge is 0.490 e. The number of ether oxygens (including phenoxy) is 6. The third kappa shape index (κ3) is 8.11. The minimum Gasteiger partial charge on any atom is -0.490 e. The van der Waals surface area contributed by atoms with Crippen molar-refractivity contribution < 1.29 is 38.0 Å². The van der Waals surface area contributed by atoms with E-state index >= 15 is 0 Å². The van der Waals surface area contributed by atoms with E-state index in [0.717, 1.165) is 5.56 Å². The fourth-order valence-corrected chi connectivity index (χ4v) is 6.78. The average Bonchev–Trinajstić information content (AvgIpc) is 3.41. The number of hydrogen-bond acceptors (Lipinski definition) is 11. The molecule has 0 unspecified atom stereocenters. The number of nitrogens with zero attached hydrogens (tertiary/aromatic N) is 2. The number of carbonyl (C=O) groups excluding carboxylic acids is 2. The summed E-state index contributed by atoms with van der Waals surface area (Å²) >= 11 is 4.85. The minimum absolute atomic E-state index is 0.137. The Morgan fingerprint density at radius 1 is 0.900 bits per heavy atom. The Morgan fingerprint density at radius 3 is 2.28 bits per heavy atom. The molecule has 0 aliphatic carbocycles. The van der Waals surface area contributed by atoms with Gasteiger partial charge in [-0.25, -0.2) is 14.6 Å². The summed E-state index contributed by atoms with van der Waals surface area (Å²) in [5.41, 5.74) is 2.55. The summed E-state index contributed by atoms with van der Waals surface area (Å²) in [7, 11) is 1.27. The van der Waals surface area contributed by atoms with E-state index in [1.165, 1.54) is 23.0 Å². The summed E-state index contributed by atoms with van der Waals surface area (Å²) in [5, 5.41) is 0. The zero-order valence-corrected chi connectivity index (χ0v) is 30.7. The van der Waals surface area contributed by atoms with Crippen LogP contribution < -0.4 is 33.8 Å². The first-order valence-electron chi connectivity index (χ1n) is 16.0. The molecule has 1 aliphatic rings. The van der Waals surface area contributed by atoms with Crippen molar-refractivity contribution in [2.75, 3.05) is 33.5 Å². The maximum absolute atomic E-state index is 14.3. The lowest BCUT2D eigenvalue weighted by atomic mass is 9.95. The fourth-order valence-electron chi connectivity index (χ4n) is 5.30. The Bertz CT molecular complexity index is 2090. The molecule has 0 radical (unpaired) electrons. The molecular formula is C37H37BrN2O9S. The smallest absolute Gasteiger partial charge is 0.343 e. The summed E-state index contributed by atoms with van der Waals surface area (Å²) in [6, 6.07) is 17.6. The number of carbonyl (C=O) groups is 2. The third-order valence-electron chi connectivity index (χ3n) is 7.56. The van der Waals surface area contributed by atoms with Crippen LogP contribution in [0.1, 0.15) is 50.4 Å². The highest BCUT2D eigenvalue weighted by Gasteiger charge is 2.34. The first-order valence-corrected chi connectivity index (χ1v) is 17.6. The maximum atomic E-state index is 14.3. The number of thiazole rings is 1. The average molecular weight is 766 g/mol. The molecule has 3 aromatic carbocycles. The van der Waals surface area contributed by atoms with Crippen LogP contribution in [0.3, 0.4) is 0 Å². The number of rotatable bonds is 14. The summed E-state index contributed by atoms with van der Waals surface area (Å²) in [6.07, 6.45) is 1.76. The van der Waals surface area contributed by atoms with Gasteiger partial charge in [0.05, 0.1) is 48.8 Å². The predicted molar refractivity (Wildman–Crippen MR) is 192 cm³/mol. The molecule has 11 nitrogen and oxygen atoms in total. The molecule has 0 fully saturated rings. The lowest BCUT2D eigenvalue weighted by Crippen LogP contribution is -2.40. The van der Waals surface area contributed by atoms with Gasteiger partial charge in [0.25, 0.3) is 5.56 Å². The van der Waals surface area contributed by atoms with Gasteiger partial charge in [-0.3, -0.25) is 9.36 Å². The number of allylic oxidation sites excluding steroid dienone is 1. The highest BCUT2D eigenvalue weighted by molar-refractivity contribution is 9.10. The van der Waals surface area contributed by atoms with E-state index in [4.69, 9.17) is 28.4 Å². The van der Waals surface area contributed by atoms with Crippen LogP contribution in [0.4, 0.5) is 0 Å². The quantitative estimate of drug-likeness (QED) is 0.154. The SMILES string of the molecule is CCOC(=O)C1=C(C)N=c2s/c(=C\c3cc(OCC)c(OCc4ccccc4)cc3Br)c(=O)n2[C@H]1c1ccc(OCC(=O)OC)c(OCC)c1. The van der Waals surface area contributed by atoms with Crippen LogP contribution >= 0.6 is 27.3 Å². The molecule has 13 heteroatoms. The maximum Gasteiger partial charge on any atom is 0.343 e. The van der Waals surface area contributed by atoms with Crippen LogP contribution in [-0.2, 0) is 25.7 Å². The molecule has 0 spiro atoms. The second kappa shape index (κ2) is 16.7. The molecule has 0 amide bonds. The number of benzene rings is 3. The van der Waals surface area contributed by atoms with Gasteiger partial charge in [0, 0.05) is 4.47 Å². The molecule has 1 atom stereocenters. The molecule has 0 N–H and O–H groups in total. The lowest BCUT2D eigenvalue weighted by molar-refractivity contribution is -0.143. The van der Waals surface area contributed by atoms with E-state index in [0.29, 0.717) is 73.4 Å². The Kier molecular flexibility index (Phi) is 12.1. The van der Waals surface area contributed by atoms with Gasteiger partial charge in [-0.15, -0.1) is 0 Å². The number of fused-ring (bicyclic) bond motifs is 1. The Labute approximate surface area is 301 Å². The summed E-state index contributed by atoms with van der Waals surface area (Å²) in [6.45, 7) is 8.02. The molecule has 0 saturated heterocycles. The second-order valence-electron chi connectivity index (χ2n) is 10.8. The van der Waals surface area contributed by atoms with Gasteiger partial charge in [0.1, 0.15) is 6.61 Å². The van der Waals surface area contributed by atoms with Crippen LogP contribution in [-0.4, -0.2) is 50.0 Å². The van der Waals surface area contributed by atoms with Gasteiger partial charge in [-0.2, -0.15) is 0 Å². The number of esters is 2. The van der Waals surface area contributed by atoms with Crippen molar-refractivity contribution in [2.24, 2.45) is 4.99 Å². The van der Waals surface area contributed by atoms with Crippen molar-refractivity contribution in [3.8, 4) is 23.0 Å². The number of aromatic nitrogens is 1. The molecule has 50 heavy (non-hydrogen) atoms. The van der Waals surface area contributed by atoms with Crippen LogP contribution in [0.2, 0.25) is 0 Å². The Hall–Kier alpha value is -4.88. The topological polar surface area (TPSA) is 124 Å². The molecular weight excluding hydrogens is 728 g/mol. The molecule has 2 heterocycles. The summed E-state index contributed by atoms with van der Waals surface area (Å²) in [5.74, 6) is 0.573. The zero-order chi connectivity index (χ0) is 35.8. The molecule has 0 bridgehead atoms. The van der Waals surface area contributed by atoms with Crippen LogP contribution in [0, 0.1) is 0 Å². The zero-order valence-electron chi connectivity index (χ0n) is 28.3. The lowest BCUT2D eigenvalue weighted by Gasteiger charge is -2.25. The third-order valence-corrected chi connectivity index (χ3v) is 9.23. The van der Waals surface area contributed by atoms with Crippen molar-refractivity contribution in [3.63, 3.8) is 0 Å². The normalized spacial score (nSPS) is 14.0. The van der Waals surface area contributed by atoms with Gasteiger partial charge in [-0.05, 0) is 74.7 Å². The van der Waals surface area contributed by atoms with Crippen molar-refractivity contribution in [3.05, 3.63) is 113 Å². The molecule has 1 aliphatic heterocycles. The number of methoxy groups -OCH3 is 1. The summed E-state index contributed by atoms with van der Waals surface area (Å²) in [4.78, 5) is 44.6. The van der Waals surface area contributed by atoms with Gasteiger partial charge in [-0.1, -0.05) is 63.7 Å². The molecule has 5 rings (SSSR count). The second-order valence-corrected chi connectivity index (χ2v) is 12.7.